The van der Waals surface area contributed by atoms with Gasteiger partial charge in [0.25, 0.3) is 5.91 Å². The maximum Gasteiger partial charge on any atom is 0.426 e. The first-order valence-corrected chi connectivity index (χ1v) is 16.9. The molecule has 2 aromatic heterocycles. The number of thiazole rings is 1. The molecule has 0 unspecified atom stereocenters. The largest absolute Gasteiger partial charge is 0.443 e. The fourth-order valence-electron chi connectivity index (χ4n) is 4.99. The van der Waals surface area contributed by atoms with Crippen molar-refractivity contribution in [3.8, 4) is 0 Å². The van der Waals surface area contributed by atoms with Gasteiger partial charge in [0.15, 0.2) is 0 Å². The van der Waals surface area contributed by atoms with E-state index < -0.39 is 56.5 Å². The van der Waals surface area contributed by atoms with E-state index in [0.29, 0.717) is 26.1 Å². The number of hydrogen-bond acceptors (Lipinski definition) is 10. The average Bonchev–Trinajstić information content (AvgIpc) is 3.49. The summed E-state index contributed by atoms with van der Waals surface area (Å²) in [5, 5.41) is 3.64. The second kappa shape index (κ2) is 12.2. The van der Waals surface area contributed by atoms with Gasteiger partial charge in [0.2, 0.25) is 14.2 Å². The molecule has 4 aromatic rings. The molecule has 2 aromatic carbocycles. The van der Waals surface area contributed by atoms with Crippen molar-refractivity contribution < 1.29 is 32.3 Å². The molecule has 3 amide bonds. The van der Waals surface area contributed by atoms with E-state index in [4.69, 9.17) is 9.47 Å². The highest BCUT2D eigenvalue weighted by Gasteiger charge is 2.53. The van der Waals surface area contributed by atoms with Gasteiger partial charge in [-0.3, -0.25) is 10.1 Å². The van der Waals surface area contributed by atoms with Crippen LogP contribution in [-0.2, 0) is 36.7 Å². The van der Waals surface area contributed by atoms with Crippen molar-refractivity contribution in [3.63, 3.8) is 0 Å². The van der Waals surface area contributed by atoms with Gasteiger partial charge in [-0.05, 0) is 65.7 Å². The minimum absolute atomic E-state index is 0.129. The van der Waals surface area contributed by atoms with E-state index in [0.717, 1.165) is 16.9 Å². The third-order valence-corrected chi connectivity index (χ3v) is 9.95. The monoisotopic (exact) mass is 656 g/mol. The fourth-order valence-corrected chi connectivity index (χ4v) is 7.42. The highest BCUT2D eigenvalue weighted by atomic mass is 32.2. The summed E-state index contributed by atoms with van der Waals surface area (Å²) >= 11 is 1.02. The van der Waals surface area contributed by atoms with Crippen molar-refractivity contribution >= 4 is 60.4 Å². The van der Waals surface area contributed by atoms with Crippen LogP contribution in [0.15, 0.2) is 59.1 Å². The fraction of sp³-hybridized carbons (Fsp3) is 0.438. The Kier molecular flexibility index (Phi) is 9.22. The molecule has 13 heteroatoms. The van der Waals surface area contributed by atoms with Gasteiger partial charge in [-0.2, -0.15) is 0 Å². The maximum atomic E-state index is 15.0. The van der Waals surface area contributed by atoms with Crippen molar-refractivity contribution in [2.45, 2.75) is 76.5 Å². The van der Waals surface area contributed by atoms with Crippen LogP contribution < -0.4 is 5.32 Å². The molecular weight excluding hydrogens is 617 g/mol. The quantitative estimate of drug-likeness (QED) is 0.241. The molecule has 1 atom stereocenters. The molecule has 1 N–H and O–H groups in total. The third kappa shape index (κ3) is 7.05. The van der Waals surface area contributed by atoms with Gasteiger partial charge in [-0.25, -0.2) is 23.0 Å². The number of amides is 3. The summed E-state index contributed by atoms with van der Waals surface area (Å²) in [6.45, 7) is 13.0. The normalized spacial score (nSPS) is 14.0. The number of sulfone groups is 1. The van der Waals surface area contributed by atoms with Crippen molar-refractivity contribution in [3.05, 3.63) is 60.3 Å². The number of benzene rings is 2. The van der Waals surface area contributed by atoms with E-state index in [2.05, 4.69) is 10.3 Å². The number of carbonyl (C=O) groups is 3. The lowest BCUT2D eigenvalue weighted by Crippen LogP contribution is -2.62. The Hall–Kier alpha value is -3.81. The molecule has 242 valence electrons. The van der Waals surface area contributed by atoms with E-state index in [-0.39, 0.29) is 4.34 Å². The van der Waals surface area contributed by atoms with Crippen molar-refractivity contribution in [2.75, 3.05) is 5.88 Å². The van der Waals surface area contributed by atoms with Gasteiger partial charge in [0.05, 0.1) is 10.2 Å². The van der Waals surface area contributed by atoms with Crippen LogP contribution in [0, 0.1) is 5.92 Å². The number of rotatable bonds is 7. The summed E-state index contributed by atoms with van der Waals surface area (Å²) < 4.78 is 40.9. The summed E-state index contributed by atoms with van der Waals surface area (Å²) in [5.74, 6) is -2.47. The Balaban J connectivity index is 1.93. The van der Waals surface area contributed by atoms with Crippen molar-refractivity contribution in [1.29, 1.82) is 0 Å². The van der Waals surface area contributed by atoms with Crippen LogP contribution in [0.2, 0.25) is 0 Å². The lowest BCUT2D eigenvalue weighted by Gasteiger charge is -2.40. The van der Waals surface area contributed by atoms with E-state index in [9.17, 15) is 22.8 Å². The zero-order valence-corrected chi connectivity index (χ0v) is 28.6. The highest BCUT2D eigenvalue weighted by Crippen LogP contribution is 2.39. The topological polar surface area (TPSA) is 137 Å². The van der Waals surface area contributed by atoms with Gasteiger partial charge >= 0.3 is 12.2 Å². The number of para-hydroxylation sites is 2. The Labute approximate surface area is 267 Å². The molecule has 0 bridgehead atoms. The smallest absolute Gasteiger partial charge is 0.426 e. The number of fused-ring (bicyclic) bond motifs is 2. The molecule has 0 aliphatic heterocycles. The van der Waals surface area contributed by atoms with E-state index in [1.165, 1.54) is 0 Å². The molecule has 0 saturated carbocycles. The number of aromatic nitrogens is 2. The second-order valence-corrected chi connectivity index (χ2v) is 16.3. The molecule has 0 aliphatic rings. The summed E-state index contributed by atoms with van der Waals surface area (Å²) in [6.07, 6.45) is -0.798. The van der Waals surface area contributed by atoms with E-state index in [1.807, 2.05) is 12.1 Å². The van der Waals surface area contributed by atoms with Crippen molar-refractivity contribution in [1.82, 2.24) is 19.8 Å². The maximum absolute atomic E-state index is 15.0. The predicted octanol–water partition coefficient (Wildman–Crippen LogP) is 6.36. The van der Waals surface area contributed by atoms with Crippen LogP contribution >= 0.6 is 11.3 Å². The van der Waals surface area contributed by atoms with Crippen LogP contribution in [0.25, 0.3) is 21.1 Å². The Bertz CT molecular complexity index is 1800. The number of aryl methyl sites for hydroxylation is 1. The Morgan fingerprint density at radius 3 is 2.04 bits per heavy atom. The van der Waals surface area contributed by atoms with Gasteiger partial charge in [-0.1, -0.05) is 44.2 Å². The standard InChI is InChI=1S/C32H40N4O7S2/c1-20(2)32(22-18-35(9)24-16-12-10-14-21(22)24,33-19-45(40,41)27-34-23-15-11-13-17-25(23)44-27)26(37)36(28(38)42-30(3,4)5)29(39)43-31(6,7)8/h10-18,20,33H,19H2,1-9H3/t32-/m0/s1. The molecular formula is C32H40N4O7S2. The summed E-state index contributed by atoms with van der Waals surface area (Å²) in [7, 11) is -2.32. The van der Waals surface area contributed by atoms with Gasteiger partial charge in [0, 0.05) is 29.7 Å². The zero-order chi connectivity index (χ0) is 33.5. The molecule has 0 saturated heterocycles. The van der Waals surface area contributed by atoms with Gasteiger partial charge < -0.3 is 14.0 Å². The molecule has 0 spiro atoms. The number of nitrogens with one attached hydrogen (secondary N) is 1. The predicted molar refractivity (Wildman–Crippen MR) is 174 cm³/mol. The van der Waals surface area contributed by atoms with Gasteiger partial charge in [0.1, 0.15) is 22.6 Å². The minimum Gasteiger partial charge on any atom is -0.443 e. The molecule has 0 fully saturated rings. The number of ether oxygens (including phenoxy) is 2. The first-order valence-electron chi connectivity index (χ1n) is 14.5. The van der Waals surface area contributed by atoms with Crippen LogP contribution in [0.3, 0.4) is 0 Å². The molecule has 11 nitrogen and oxygen atoms in total. The zero-order valence-electron chi connectivity index (χ0n) is 27.0. The van der Waals surface area contributed by atoms with Crippen LogP contribution in [0.4, 0.5) is 9.59 Å². The number of imide groups is 3. The minimum atomic E-state index is -4.11. The lowest BCUT2D eigenvalue weighted by molar-refractivity contribution is -0.138. The summed E-state index contributed by atoms with van der Waals surface area (Å²) in [6, 6.07) is 14.3. The van der Waals surface area contributed by atoms with Crippen LogP contribution in [0.5, 0.6) is 0 Å². The van der Waals surface area contributed by atoms with Crippen LogP contribution in [0.1, 0.15) is 61.0 Å². The third-order valence-electron chi connectivity index (χ3n) is 6.96. The second-order valence-electron chi connectivity index (χ2n) is 13.1. The number of carbonyl (C=O) groups excluding carboxylic acids is 3. The molecule has 0 aliphatic carbocycles. The molecule has 0 radical (unpaired) electrons. The van der Waals surface area contributed by atoms with E-state index >= 15 is 0 Å². The molecule has 45 heavy (non-hydrogen) atoms. The first-order chi connectivity index (χ1) is 20.8. The Morgan fingerprint density at radius 1 is 0.933 bits per heavy atom. The van der Waals surface area contributed by atoms with Crippen molar-refractivity contribution in [2.24, 2.45) is 13.0 Å². The molecule has 4 rings (SSSR count). The summed E-state index contributed by atoms with van der Waals surface area (Å²) in [4.78, 5) is 46.9. The SMILES string of the molecule is CC(C)[C@@](NCS(=O)(=O)c1nc2ccccc2s1)(C(=O)N(C(=O)OC(C)(C)C)C(=O)OC(C)(C)C)c1cn(C)c2ccccc12. The summed E-state index contributed by atoms with van der Waals surface area (Å²) in [5.41, 5.74) is -2.41. The highest BCUT2D eigenvalue weighted by molar-refractivity contribution is 7.93. The van der Waals surface area contributed by atoms with E-state index in [1.54, 1.807) is 110 Å². The number of hydrogen-bond donors (Lipinski definition) is 1. The van der Waals surface area contributed by atoms with Gasteiger partial charge in [-0.15, -0.1) is 16.2 Å². The first kappa shape index (κ1) is 34.1. The number of nitrogens with zero attached hydrogens (tertiary/aromatic N) is 3. The molecule has 2 heterocycles. The average molecular weight is 657 g/mol. The Morgan fingerprint density at radius 2 is 1.49 bits per heavy atom. The van der Waals surface area contributed by atoms with Crippen LogP contribution in [-0.4, -0.2) is 58.0 Å². The lowest BCUT2D eigenvalue weighted by atomic mass is 9.78.